The summed E-state index contributed by atoms with van der Waals surface area (Å²) in [5, 5.41) is 2.55. The monoisotopic (exact) mass is 297 g/mol. The molecule has 3 rings (SSSR count). The Morgan fingerprint density at radius 1 is 1.36 bits per heavy atom. The summed E-state index contributed by atoms with van der Waals surface area (Å²) in [6, 6.07) is 8.74. The number of nitrogens with zero attached hydrogens (tertiary/aromatic N) is 1. The molecular formula is C16H15N3O3. The molecule has 3 N–H and O–H groups in total. The highest BCUT2D eigenvalue weighted by atomic mass is 16.5. The lowest BCUT2D eigenvalue weighted by Gasteiger charge is -2.11. The van der Waals surface area contributed by atoms with Crippen molar-refractivity contribution in [2.24, 2.45) is 5.73 Å². The first-order valence-electron chi connectivity index (χ1n) is 6.85. The fraction of sp³-hybridized carbons (Fsp3) is 0.188. The molecule has 2 heterocycles. The number of hydrogen-bond donors (Lipinski definition) is 2. The summed E-state index contributed by atoms with van der Waals surface area (Å²) in [5.74, 6) is -0.542. The largest absolute Gasteiger partial charge is 0.491 e. The van der Waals surface area contributed by atoms with Gasteiger partial charge in [0.2, 0.25) is 5.91 Å². The van der Waals surface area contributed by atoms with E-state index in [4.69, 9.17) is 10.5 Å². The van der Waals surface area contributed by atoms with Gasteiger partial charge >= 0.3 is 0 Å². The smallest absolute Gasteiger partial charge is 0.254 e. The van der Waals surface area contributed by atoms with Gasteiger partial charge in [-0.25, -0.2) is 0 Å². The highest BCUT2D eigenvalue weighted by molar-refractivity contribution is 6.01. The second-order valence-corrected chi connectivity index (χ2v) is 5.00. The molecule has 22 heavy (non-hydrogen) atoms. The molecule has 1 atom stereocenters. The molecule has 0 radical (unpaired) electrons. The van der Waals surface area contributed by atoms with E-state index in [1.54, 1.807) is 12.3 Å². The molecule has 2 aromatic rings. The molecule has 0 saturated carbocycles. The van der Waals surface area contributed by atoms with Gasteiger partial charge in [-0.15, -0.1) is 0 Å². The molecule has 0 fully saturated rings. The van der Waals surface area contributed by atoms with Crippen molar-refractivity contribution in [1.82, 2.24) is 10.3 Å². The Labute approximate surface area is 127 Å². The van der Waals surface area contributed by atoms with Crippen molar-refractivity contribution in [3.63, 3.8) is 0 Å². The predicted octanol–water partition coefficient (Wildman–Crippen LogP) is 1.06. The minimum Gasteiger partial charge on any atom is -0.491 e. The molecule has 6 heteroatoms. The lowest BCUT2D eigenvalue weighted by atomic mass is 9.93. The van der Waals surface area contributed by atoms with Gasteiger partial charge in [0, 0.05) is 24.4 Å². The van der Waals surface area contributed by atoms with E-state index in [-0.39, 0.29) is 17.4 Å². The molecule has 2 amide bonds. The second kappa shape index (κ2) is 5.48. The van der Waals surface area contributed by atoms with Crippen molar-refractivity contribution < 1.29 is 14.3 Å². The maximum absolute atomic E-state index is 12.0. The van der Waals surface area contributed by atoms with E-state index in [2.05, 4.69) is 10.3 Å². The van der Waals surface area contributed by atoms with Crippen LogP contribution in [-0.2, 0) is 0 Å². The second-order valence-electron chi connectivity index (χ2n) is 5.00. The molecule has 0 saturated heterocycles. The van der Waals surface area contributed by atoms with E-state index < -0.39 is 5.91 Å². The van der Waals surface area contributed by atoms with Crippen LogP contribution in [0.2, 0.25) is 0 Å². The van der Waals surface area contributed by atoms with Crippen LogP contribution in [0.3, 0.4) is 0 Å². The average Bonchev–Trinajstić information content (AvgIpc) is 2.97. The Bertz CT molecular complexity index is 744. The predicted molar refractivity (Wildman–Crippen MR) is 79.9 cm³/mol. The number of pyridine rings is 1. The van der Waals surface area contributed by atoms with Gasteiger partial charge in [-0.05, 0) is 24.3 Å². The van der Waals surface area contributed by atoms with Crippen molar-refractivity contribution in [2.45, 2.75) is 5.92 Å². The summed E-state index contributed by atoms with van der Waals surface area (Å²) in [6.45, 7) is 0.374. The van der Waals surface area contributed by atoms with Crippen molar-refractivity contribution in [3.05, 3.63) is 58.9 Å². The van der Waals surface area contributed by atoms with Crippen LogP contribution < -0.4 is 15.8 Å². The van der Waals surface area contributed by atoms with Gasteiger partial charge in [-0.2, -0.15) is 0 Å². The number of aromatic nitrogens is 1. The number of fused-ring (bicyclic) bond motifs is 1. The number of nitrogens with two attached hydrogens (primary N) is 1. The van der Waals surface area contributed by atoms with E-state index in [1.807, 2.05) is 18.2 Å². The number of carbonyl (C=O) groups is 2. The minimum atomic E-state index is -0.584. The van der Waals surface area contributed by atoms with Gasteiger partial charge < -0.3 is 15.8 Å². The molecule has 0 spiro atoms. The van der Waals surface area contributed by atoms with E-state index in [0.717, 1.165) is 11.3 Å². The first-order chi connectivity index (χ1) is 10.6. The van der Waals surface area contributed by atoms with E-state index >= 15 is 0 Å². The quantitative estimate of drug-likeness (QED) is 0.886. The zero-order valence-electron chi connectivity index (χ0n) is 12.0. The topological polar surface area (TPSA) is 94.3 Å². The maximum atomic E-state index is 12.0. The third kappa shape index (κ3) is 2.28. The minimum absolute atomic E-state index is 0.126. The summed E-state index contributed by atoms with van der Waals surface area (Å²) in [7, 11) is 1.52. The van der Waals surface area contributed by atoms with Crippen LogP contribution in [0.4, 0.5) is 0 Å². The summed E-state index contributed by atoms with van der Waals surface area (Å²) < 4.78 is 5.70. The number of nitrogens with one attached hydrogen (secondary N) is 1. The first-order valence-corrected chi connectivity index (χ1v) is 6.85. The summed E-state index contributed by atoms with van der Waals surface area (Å²) in [4.78, 5) is 27.9. The van der Waals surface area contributed by atoms with Crippen LogP contribution in [0.5, 0.6) is 5.75 Å². The van der Waals surface area contributed by atoms with Crippen molar-refractivity contribution >= 4 is 11.8 Å². The standard InChI is InChI=1S/C16H15N3O3/c1-18-16(21)11-7-9(15(17)20)6-10-12(8-22-14(10)11)13-4-2-3-5-19-13/h2-7,12H,8H2,1H3,(H2,17,20)(H,18,21). The summed E-state index contributed by atoms with van der Waals surface area (Å²) >= 11 is 0. The highest BCUT2D eigenvalue weighted by Gasteiger charge is 2.31. The Hall–Kier alpha value is -2.89. The zero-order chi connectivity index (χ0) is 15.7. The number of benzene rings is 1. The Balaban J connectivity index is 2.16. The number of amides is 2. The van der Waals surface area contributed by atoms with Gasteiger partial charge in [0.05, 0.1) is 17.2 Å². The SMILES string of the molecule is CNC(=O)c1cc(C(N)=O)cc2c1OCC2c1ccccn1. The van der Waals surface area contributed by atoms with Crippen LogP contribution in [0.15, 0.2) is 36.5 Å². The first kappa shape index (κ1) is 14.1. The number of hydrogen-bond acceptors (Lipinski definition) is 4. The average molecular weight is 297 g/mol. The third-order valence-corrected chi connectivity index (χ3v) is 3.69. The van der Waals surface area contributed by atoms with Crippen LogP contribution >= 0.6 is 0 Å². The lowest BCUT2D eigenvalue weighted by Crippen LogP contribution is -2.20. The van der Waals surface area contributed by atoms with Crippen LogP contribution in [0.1, 0.15) is 37.9 Å². The number of carbonyl (C=O) groups excluding carboxylic acids is 2. The maximum Gasteiger partial charge on any atom is 0.254 e. The molecule has 1 aromatic heterocycles. The van der Waals surface area contributed by atoms with Crippen molar-refractivity contribution in [1.29, 1.82) is 0 Å². The molecule has 1 unspecified atom stereocenters. The van der Waals surface area contributed by atoms with Crippen LogP contribution in [-0.4, -0.2) is 30.5 Å². The van der Waals surface area contributed by atoms with Gasteiger partial charge in [0.15, 0.2) is 0 Å². The molecule has 0 aliphatic carbocycles. The fourth-order valence-electron chi connectivity index (χ4n) is 2.60. The molecule has 1 aromatic carbocycles. The third-order valence-electron chi connectivity index (χ3n) is 3.69. The Kier molecular flexibility index (Phi) is 3.50. The Morgan fingerprint density at radius 2 is 2.18 bits per heavy atom. The summed E-state index contributed by atoms with van der Waals surface area (Å²) in [5.41, 5.74) is 7.55. The normalized spacial score (nSPS) is 15.8. The van der Waals surface area contributed by atoms with Crippen LogP contribution in [0, 0.1) is 0 Å². The van der Waals surface area contributed by atoms with Gasteiger partial charge in [-0.1, -0.05) is 6.07 Å². The number of primary amides is 1. The molecular weight excluding hydrogens is 282 g/mol. The van der Waals surface area contributed by atoms with Gasteiger partial charge in [0.1, 0.15) is 12.4 Å². The summed E-state index contributed by atoms with van der Waals surface area (Å²) in [6.07, 6.45) is 1.70. The molecule has 1 aliphatic rings. The molecule has 0 bridgehead atoms. The van der Waals surface area contributed by atoms with Gasteiger partial charge in [-0.3, -0.25) is 14.6 Å². The van der Waals surface area contributed by atoms with Crippen LogP contribution in [0.25, 0.3) is 0 Å². The molecule has 112 valence electrons. The Morgan fingerprint density at radius 3 is 2.82 bits per heavy atom. The van der Waals surface area contributed by atoms with E-state index in [1.165, 1.54) is 13.1 Å². The number of rotatable bonds is 3. The van der Waals surface area contributed by atoms with E-state index in [0.29, 0.717) is 17.9 Å². The van der Waals surface area contributed by atoms with Crippen molar-refractivity contribution in [2.75, 3.05) is 13.7 Å². The fourth-order valence-corrected chi connectivity index (χ4v) is 2.60. The van der Waals surface area contributed by atoms with Crippen molar-refractivity contribution in [3.8, 4) is 5.75 Å². The molecule has 6 nitrogen and oxygen atoms in total. The van der Waals surface area contributed by atoms with E-state index in [9.17, 15) is 9.59 Å². The van der Waals surface area contributed by atoms with Gasteiger partial charge in [0.25, 0.3) is 5.91 Å². The molecule has 1 aliphatic heterocycles. The zero-order valence-corrected chi connectivity index (χ0v) is 12.0. The number of ether oxygens (including phenoxy) is 1. The highest BCUT2D eigenvalue weighted by Crippen LogP contribution is 2.40. The lowest BCUT2D eigenvalue weighted by molar-refractivity contribution is 0.0960.